The SMILES string of the molecule is O=C1CN(c2ccc3ncccc3n2)CC2CCCCN12. The number of hydrogen-bond donors (Lipinski definition) is 0. The highest BCUT2D eigenvalue weighted by Gasteiger charge is 2.34. The molecule has 2 aliphatic heterocycles. The van der Waals surface area contributed by atoms with Crippen LogP contribution in [0.1, 0.15) is 19.3 Å². The molecule has 0 saturated carbocycles. The summed E-state index contributed by atoms with van der Waals surface area (Å²) in [6.07, 6.45) is 5.24. The lowest BCUT2D eigenvalue weighted by molar-refractivity contribution is -0.135. The van der Waals surface area contributed by atoms with Crippen LogP contribution in [-0.2, 0) is 4.79 Å². The first kappa shape index (κ1) is 12.6. The fraction of sp³-hybridized carbons (Fsp3) is 0.438. The highest BCUT2D eigenvalue weighted by Crippen LogP contribution is 2.25. The van der Waals surface area contributed by atoms with Crippen LogP contribution in [0.15, 0.2) is 30.5 Å². The molecule has 2 aromatic heterocycles. The Morgan fingerprint density at radius 1 is 1.14 bits per heavy atom. The maximum Gasteiger partial charge on any atom is 0.242 e. The second-order valence-corrected chi connectivity index (χ2v) is 5.83. The Kier molecular flexibility index (Phi) is 2.98. The number of aromatic nitrogens is 2. The van der Waals surface area contributed by atoms with E-state index in [0.717, 1.165) is 42.8 Å². The molecule has 5 nitrogen and oxygen atoms in total. The fourth-order valence-corrected chi connectivity index (χ4v) is 3.39. The number of piperidine rings is 1. The number of piperazine rings is 1. The van der Waals surface area contributed by atoms with Crippen molar-refractivity contribution in [2.75, 3.05) is 24.5 Å². The molecule has 1 unspecified atom stereocenters. The van der Waals surface area contributed by atoms with Crippen LogP contribution < -0.4 is 4.90 Å². The van der Waals surface area contributed by atoms with E-state index in [1.807, 2.05) is 24.3 Å². The number of carbonyl (C=O) groups is 1. The van der Waals surface area contributed by atoms with Gasteiger partial charge in [-0.15, -0.1) is 0 Å². The fourth-order valence-electron chi connectivity index (χ4n) is 3.39. The smallest absolute Gasteiger partial charge is 0.242 e. The van der Waals surface area contributed by atoms with E-state index in [-0.39, 0.29) is 5.91 Å². The Morgan fingerprint density at radius 2 is 2.10 bits per heavy atom. The van der Waals surface area contributed by atoms with Crippen molar-refractivity contribution in [2.45, 2.75) is 25.3 Å². The molecule has 1 atom stereocenters. The minimum atomic E-state index is 0.235. The van der Waals surface area contributed by atoms with Gasteiger partial charge in [-0.25, -0.2) is 4.98 Å². The minimum Gasteiger partial charge on any atom is -0.345 e. The maximum atomic E-state index is 12.3. The number of carbonyl (C=O) groups excluding carboxylic acids is 1. The van der Waals surface area contributed by atoms with Gasteiger partial charge in [-0.3, -0.25) is 9.78 Å². The van der Waals surface area contributed by atoms with Crippen molar-refractivity contribution in [1.29, 1.82) is 0 Å². The van der Waals surface area contributed by atoms with Crippen LogP contribution in [0.5, 0.6) is 0 Å². The monoisotopic (exact) mass is 282 g/mol. The molecular formula is C16H18N4O. The summed E-state index contributed by atoms with van der Waals surface area (Å²) in [5.74, 6) is 1.12. The summed E-state index contributed by atoms with van der Waals surface area (Å²) in [5.41, 5.74) is 1.78. The average molecular weight is 282 g/mol. The molecule has 0 radical (unpaired) electrons. The van der Waals surface area contributed by atoms with Gasteiger partial charge in [0.1, 0.15) is 5.82 Å². The predicted molar refractivity (Wildman–Crippen MR) is 81.1 cm³/mol. The Morgan fingerprint density at radius 3 is 3.05 bits per heavy atom. The van der Waals surface area contributed by atoms with Crippen LogP contribution >= 0.6 is 0 Å². The van der Waals surface area contributed by atoms with E-state index < -0.39 is 0 Å². The number of nitrogens with zero attached hydrogens (tertiary/aromatic N) is 4. The topological polar surface area (TPSA) is 49.3 Å². The first-order valence-electron chi connectivity index (χ1n) is 7.57. The third-order valence-corrected chi connectivity index (χ3v) is 4.47. The van der Waals surface area contributed by atoms with Crippen molar-refractivity contribution in [1.82, 2.24) is 14.9 Å². The van der Waals surface area contributed by atoms with Crippen molar-refractivity contribution >= 4 is 22.8 Å². The third kappa shape index (κ3) is 2.22. The number of rotatable bonds is 1. The van der Waals surface area contributed by atoms with Gasteiger partial charge in [0, 0.05) is 25.3 Å². The Hall–Kier alpha value is -2.17. The zero-order valence-corrected chi connectivity index (χ0v) is 11.9. The Bertz CT molecular complexity index is 687. The summed E-state index contributed by atoms with van der Waals surface area (Å²) in [6, 6.07) is 8.16. The van der Waals surface area contributed by atoms with Crippen LogP contribution in [0.25, 0.3) is 11.0 Å². The van der Waals surface area contributed by atoms with Crippen LogP contribution in [-0.4, -0.2) is 46.5 Å². The number of anilines is 1. The van der Waals surface area contributed by atoms with Gasteiger partial charge >= 0.3 is 0 Å². The molecule has 0 aromatic carbocycles. The molecule has 4 heterocycles. The third-order valence-electron chi connectivity index (χ3n) is 4.47. The zero-order valence-electron chi connectivity index (χ0n) is 11.9. The summed E-state index contributed by atoms with van der Waals surface area (Å²) in [5, 5.41) is 0. The molecule has 2 saturated heterocycles. The Labute approximate surface area is 123 Å². The standard InChI is InChI=1S/C16H18N4O/c21-16-11-19(10-12-4-1-2-9-20(12)16)15-7-6-13-14(18-15)5-3-8-17-13/h3,5-8,12H,1-2,4,9-11H2. The molecule has 0 spiro atoms. The molecule has 2 aromatic rings. The van der Waals surface area contributed by atoms with Crippen LogP contribution in [0.3, 0.4) is 0 Å². The van der Waals surface area contributed by atoms with Gasteiger partial charge in [-0.1, -0.05) is 0 Å². The minimum absolute atomic E-state index is 0.235. The van der Waals surface area contributed by atoms with E-state index in [0.29, 0.717) is 12.6 Å². The van der Waals surface area contributed by atoms with Gasteiger partial charge in [0.25, 0.3) is 0 Å². The quantitative estimate of drug-likeness (QED) is 0.800. The summed E-state index contributed by atoms with van der Waals surface area (Å²) in [7, 11) is 0. The Balaban J connectivity index is 1.64. The van der Waals surface area contributed by atoms with Crippen molar-refractivity contribution in [3.63, 3.8) is 0 Å². The van der Waals surface area contributed by atoms with Gasteiger partial charge in [-0.05, 0) is 43.5 Å². The second kappa shape index (κ2) is 4.98. The van der Waals surface area contributed by atoms with Gasteiger partial charge in [0.2, 0.25) is 5.91 Å². The van der Waals surface area contributed by atoms with E-state index in [9.17, 15) is 4.79 Å². The van der Waals surface area contributed by atoms with Crippen LogP contribution in [0.4, 0.5) is 5.82 Å². The van der Waals surface area contributed by atoms with E-state index >= 15 is 0 Å². The highest BCUT2D eigenvalue weighted by atomic mass is 16.2. The van der Waals surface area contributed by atoms with E-state index in [2.05, 4.69) is 19.8 Å². The van der Waals surface area contributed by atoms with Crippen LogP contribution in [0.2, 0.25) is 0 Å². The normalized spacial score (nSPS) is 22.5. The molecule has 21 heavy (non-hydrogen) atoms. The number of hydrogen-bond acceptors (Lipinski definition) is 4. The molecule has 0 bridgehead atoms. The van der Waals surface area contributed by atoms with Gasteiger partial charge in [0.05, 0.1) is 17.6 Å². The second-order valence-electron chi connectivity index (χ2n) is 5.83. The first-order valence-corrected chi connectivity index (χ1v) is 7.57. The number of amides is 1. The molecule has 5 heteroatoms. The summed E-state index contributed by atoms with van der Waals surface area (Å²) < 4.78 is 0. The molecular weight excluding hydrogens is 264 g/mol. The molecule has 4 rings (SSSR count). The number of pyridine rings is 2. The summed E-state index contributed by atoms with van der Waals surface area (Å²) in [6.45, 7) is 2.26. The molecule has 2 fully saturated rings. The highest BCUT2D eigenvalue weighted by molar-refractivity contribution is 5.84. The van der Waals surface area contributed by atoms with Crippen molar-refractivity contribution < 1.29 is 4.79 Å². The van der Waals surface area contributed by atoms with E-state index in [1.54, 1.807) is 6.20 Å². The van der Waals surface area contributed by atoms with Crippen LogP contribution in [0, 0.1) is 0 Å². The summed E-state index contributed by atoms with van der Waals surface area (Å²) >= 11 is 0. The van der Waals surface area contributed by atoms with E-state index in [1.165, 1.54) is 6.42 Å². The van der Waals surface area contributed by atoms with Crippen molar-refractivity contribution in [2.24, 2.45) is 0 Å². The molecule has 2 aliphatic rings. The van der Waals surface area contributed by atoms with Gasteiger partial charge in [-0.2, -0.15) is 0 Å². The maximum absolute atomic E-state index is 12.3. The molecule has 0 N–H and O–H groups in total. The lowest BCUT2D eigenvalue weighted by Crippen LogP contribution is -2.58. The van der Waals surface area contributed by atoms with Crippen molar-refractivity contribution in [3.8, 4) is 0 Å². The molecule has 108 valence electrons. The largest absolute Gasteiger partial charge is 0.345 e. The molecule has 0 aliphatic carbocycles. The molecule has 1 amide bonds. The lowest BCUT2D eigenvalue weighted by Gasteiger charge is -2.44. The summed E-state index contributed by atoms with van der Waals surface area (Å²) in [4.78, 5) is 25.4. The van der Waals surface area contributed by atoms with Gasteiger partial charge in [0.15, 0.2) is 0 Å². The first-order chi connectivity index (χ1) is 10.3. The lowest BCUT2D eigenvalue weighted by atomic mass is 9.99. The number of fused-ring (bicyclic) bond motifs is 2. The average Bonchev–Trinajstić information content (AvgIpc) is 2.54. The van der Waals surface area contributed by atoms with Gasteiger partial charge < -0.3 is 9.80 Å². The van der Waals surface area contributed by atoms with E-state index in [4.69, 9.17) is 0 Å². The predicted octanol–water partition coefficient (Wildman–Crippen LogP) is 1.83. The zero-order chi connectivity index (χ0) is 14.2. The van der Waals surface area contributed by atoms with Crippen molar-refractivity contribution in [3.05, 3.63) is 30.5 Å².